The number of H-pyrrole nitrogens is 5. The highest BCUT2D eigenvalue weighted by molar-refractivity contribution is 7.15. The van der Waals surface area contributed by atoms with Crippen LogP contribution in [0, 0.1) is 0 Å². The topological polar surface area (TPSA) is 322 Å². The number of amides is 2. The van der Waals surface area contributed by atoms with E-state index in [1.54, 1.807) is 90.9 Å². The van der Waals surface area contributed by atoms with Crippen molar-refractivity contribution in [1.29, 1.82) is 0 Å². The van der Waals surface area contributed by atoms with Gasteiger partial charge in [0.05, 0.1) is 64.4 Å². The van der Waals surface area contributed by atoms with Crippen molar-refractivity contribution in [3.05, 3.63) is 142 Å². The van der Waals surface area contributed by atoms with E-state index in [-0.39, 0.29) is 24.8 Å². The molecule has 0 bridgehead atoms. The number of halogens is 2. The molecule has 0 aromatic carbocycles. The van der Waals surface area contributed by atoms with Gasteiger partial charge in [0.15, 0.2) is 5.82 Å². The van der Waals surface area contributed by atoms with Crippen LogP contribution in [0.2, 0.25) is 0 Å². The van der Waals surface area contributed by atoms with E-state index in [9.17, 15) is 14.4 Å². The molecule has 0 aliphatic carbocycles. The number of hydrogen-bond donors (Lipinski definition) is 11. The van der Waals surface area contributed by atoms with Gasteiger partial charge in [-0.1, -0.05) is 36.4 Å². The second kappa shape index (κ2) is 28.7. The molecular weight excluding hydrogens is 1190 g/mol. The summed E-state index contributed by atoms with van der Waals surface area (Å²) >= 11 is 9.63. The molecule has 12 heterocycles. The fraction of sp³-hybridized carbons (Fsp3) is 0.118. The van der Waals surface area contributed by atoms with Gasteiger partial charge in [-0.25, -0.2) is 4.79 Å². The molecule has 0 saturated heterocycles. The van der Waals surface area contributed by atoms with Gasteiger partial charge in [0.25, 0.3) is 0 Å². The molecule has 81 heavy (non-hydrogen) atoms. The molecule has 420 valence electrons. The highest BCUT2D eigenvalue weighted by Crippen LogP contribution is 2.34. The quantitative estimate of drug-likeness (QED) is 0.0378. The Morgan fingerprint density at radius 3 is 1.15 bits per heavy atom. The summed E-state index contributed by atoms with van der Waals surface area (Å²) in [5.41, 5.74) is 16.3. The first-order chi connectivity index (χ1) is 38.4. The van der Waals surface area contributed by atoms with Crippen molar-refractivity contribution in [2.24, 2.45) is 0 Å². The number of nitrogens with two attached hydrogens (primary N) is 2. The second-order valence-electron chi connectivity index (χ2n) is 17.3. The smallest absolute Gasteiger partial charge is 0.435 e. The van der Waals surface area contributed by atoms with Crippen LogP contribution in [0.5, 0.6) is 0 Å². The van der Waals surface area contributed by atoms with Crippen LogP contribution in [0.4, 0.5) is 39.7 Å². The molecule has 13 N–H and O–H groups in total. The van der Waals surface area contributed by atoms with Crippen molar-refractivity contribution in [2.45, 2.75) is 26.4 Å². The maximum atomic E-state index is 12.3. The molecule has 0 unspecified atom stereocenters. The number of rotatable bonds is 13. The molecule has 12 aromatic rings. The van der Waals surface area contributed by atoms with E-state index in [2.05, 4.69) is 100 Å². The Morgan fingerprint density at radius 2 is 0.815 bits per heavy atom. The Hall–Kier alpha value is -8.35. The fourth-order valence-electron chi connectivity index (χ4n) is 7.13. The highest BCUT2D eigenvalue weighted by atomic mass is 35.5. The van der Waals surface area contributed by atoms with Gasteiger partial charge >= 0.3 is 17.9 Å². The number of carbonyl (C=O) groups excluding carboxylic acids is 3. The molecule has 12 aromatic heterocycles. The van der Waals surface area contributed by atoms with Crippen molar-refractivity contribution in [2.75, 3.05) is 45.8 Å². The first-order valence-corrected chi connectivity index (χ1v) is 29.0. The molecule has 30 heteroatoms. The van der Waals surface area contributed by atoms with Crippen LogP contribution in [0.25, 0.3) is 62.6 Å². The van der Waals surface area contributed by atoms with Gasteiger partial charge in [-0.05, 0) is 89.4 Å². The zero-order chi connectivity index (χ0) is 55.1. The molecule has 0 aliphatic rings. The average molecular weight is 1240 g/mol. The summed E-state index contributed by atoms with van der Waals surface area (Å²) in [6, 6.07) is 23.7. The summed E-state index contributed by atoms with van der Waals surface area (Å²) in [6.07, 6.45) is 9.71. The van der Waals surface area contributed by atoms with Gasteiger partial charge in [-0.3, -0.25) is 35.1 Å². The molecule has 22 nitrogen and oxygen atoms in total. The Balaban J connectivity index is 0.000000160. The third-order valence-corrected chi connectivity index (χ3v) is 16.1. The molecule has 0 saturated carbocycles. The molecule has 0 fully saturated rings. The number of carbonyl (C=O) groups is 3. The first kappa shape index (κ1) is 60.3. The number of anilines is 6. The minimum Gasteiger partial charge on any atom is -0.442 e. The summed E-state index contributed by atoms with van der Waals surface area (Å²) in [5, 5.41) is 61.9. The van der Waals surface area contributed by atoms with Gasteiger partial charge in [0.2, 0.25) is 0 Å². The normalized spacial score (nSPS) is 10.6. The van der Waals surface area contributed by atoms with Crippen molar-refractivity contribution in [3.63, 3.8) is 0 Å². The lowest BCUT2D eigenvalue weighted by molar-refractivity contribution is -0.133. The maximum absolute atomic E-state index is 12.3. The van der Waals surface area contributed by atoms with Gasteiger partial charge in [0, 0.05) is 48.5 Å². The SMILES string of the molecule is CC(C)(C)OC(=O)n1cc(-c2cccs2)c(N)n1.Cl.Cl.Nc1[nH]ncc1-c1cccs1.O=C(Nc1[nH]ncc1-c1cccs1)C(=O)Nc1[nH]ncc1-c1cccs1.c1csc(-c2cn[nH]c2NCCNc2[nH]ncc2-c2cccs2)c1. The van der Waals surface area contributed by atoms with Crippen LogP contribution < -0.4 is 32.7 Å². The van der Waals surface area contributed by atoms with E-state index in [4.69, 9.17) is 16.2 Å². The lowest BCUT2D eigenvalue weighted by Gasteiger charge is -2.18. The predicted molar refractivity (Wildman–Crippen MR) is 334 cm³/mol. The van der Waals surface area contributed by atoms with Crippen LogP contribution >= 0.6 is 92.8 Å². The summed E-state index contributed by atoms with van der Waals surface area (Å²) in [7, 11) is 0. The van der Waals surface area contributed by atoms with Crippen molar-refractivity contribution < 1.29 is 19.1 Å². The lowest BCUT2D eigenvalue weighted by atomic mass is 10.2. The van der Waals surface area contributed by atoms with Crippen molar-refractivity contribution in [1.82, 2.24) is 60.8 Å². The third-order valence-electron chi connectivity index (χ3n) is 10.7. The zero-order valence-electron chi connectivity index (χ0n) is 43.0. The molecular formula is C51H52Cl2N18O4S6. The van der Waals surface area contributed by atoms with E-state index in [0.29, 0.717) is 23.3 Å². The van der Waals surface area contributed by atoms with Gasteiger partial charge in [0.1, 0.15) is 34.7 Å². The van der Waals surface area contributed by atoms with Gasteiger partial charge in [-0.15, -0.1) is 97.9 Å². The number of aromatic nitrogens is 12. The number of hydrogen-bond acceptors (Lipinski definition) is 20. The minimum absolute atomic E-state index is 0. The van der Waals surface area contributed by atoms with Gasteiger partial charge < -0.3 is 37.5 Å². The summed E-state index contributed by atoms with van der Waals surface area (Å²) < 4.78 is 6.35. The van der Waals surface area contributed by atoms with E-state index in [1.165, 1.54) is 32.4 Å². The van der Waals surface area contributed by atoms with Gasteiger partial charge in [-0.2, -0.15) is 30.2 Å². The highest BCUT2D eigenvalue weighted by Gasteiger charge is 2.22. The van der Waals surface area contributed by atoms with Crippen LogP contribution in [-0.2, 0) is 14.3 Å². The Labute approximate surface area is 499 Å². The largest absolute Gasteiger partial charge is 0.442 e. The third kappa shape index (κ3) is 15.9. The second-order valence-corrected chi connectivity index (χ2v) is 23.0. The molecule has 0 radical (unpaired) electrons. The van der Waals surface area contributed by atoms with E-state index >= 15 is 0 Å². The minimum atomic E-state index is -0.807. The number of aromatic amines is 5. The Bertz CT molecular complexity index is 3600. The van der Waals surface area contributed by atoms with Crippen molar-refractivity contribution in [3.8, 4) is 62.6 Å². The molecule has 0 spiro atoms. The van der Waals surface area contributed by atoms with Crippen LogP contribution in [-0.4, -0.2) is 97.4 Å². The molecule has 0 atom stereocenters. The maximum Gasteiger partial charge on any atom is 0.435 e. The average Bonchev–Trinajstić information content (AvgIpc) is 4.27. The first-order valence-electron chi connectivity index (χ1n) is 23.7. The molecule has 0 aliphatic heterocycles. The van der Waals surface area contributed by atoms with Crippen LogP contribution in [0.15, 0.2) is 142 Å². The Kier molecular flexibility index (Phi) is 21.4. The van der Waals surface area contributed by atoms with Crippen molar-refractivity contribution >= 4 is 146 Å². The summed E-state index contributed by atoms with van der Waals surface area (Å²) in [4.78, 5) is 42.7. The van der Waals surface area contributed by atoms with Crippen LogP contribution in [0.3, 0.4) is 0 Å². The van der Waals surface area contributed by atoms with E-state index in [0.717, 1.165) is 82.3 Å². The Morgan fingerprint density at radius 1 is 0.494 bits per heavy atom. The van der Waals surface area contributed by atoms with E-state index < -0.39 is 23.5 Å². The fourth-order valence-corrected chi connectivity index (χ4v) is 11.6. The number of ether oxygens (including phenoxy) is 1. The lowest BCUT2D eigenvalue weighted by Crippen LogP contribution is -2.29. The number of nitrogens with zero attached hydrogens (tertiary/aromatic N) is 7. The number of thiophene rings is 6. The zero-order valence-corrected chi connectivity index (χ0v) is 49.5. The predicted octanol–water partition coefficient (Wildman–Crippen LogP) is 12.8. The number of nitrogens with one attached hydrogen (secondary N) is 9. The van der Waals surface area contributed by atoms with E-state index in [1.807, 2.05) is 94.6 Å². The number of nitrogen functional groups attached to an aromatic ring is 2. The summed E-state index contributed by atoms with van der Waals surface area (Å²) in [6.45, 7) is 6.95. The monoisotopic (exact) mass is 1240 g/mol. The molecule has 12 rings (SSSR count). The standard InChI is InChI=1S/C16H12N6O2S2.C16H16N6S2.C12H15N3O2S.C7H7N3S.2ClH/c23-15(19-13-9(7-17-21-13)11-3-1-5-25-11)16(24)20-14-10(8-18-22-14)12-4-2-6-26-12;1-3-13(23-7-1)11-9-19-21-15(11)17-5-6-18-16-12(10-20-22-16)14-4-2-8-24-14;1-12(2,3)17-11(16)15-7-8(10(13)14-15)9-5-4-6-18-9;8-7-5(4-9-10-7)6-2-1-3-11-6;;/h1-8H,(H2,17,19,21,23)(H2,18,20,22,24);1-4,7-10H,5-6H2,(H2,17,19,21)(H2,18,20,22);4-7H,1-3H3,(H2,13,14);1-4H,(H3,8,9,10);2*1H. The molecule has 2 amide bonds. The van der Waals surface area contributed by atoms with Crippen LogP contribution in [0.1, 0.15) is 20.8 Å². The summed E-state index contributed by atoms with van der Waals surface area (Å²) in [5.74, 6) is 1.98.